The third-order valence-electron chi connectivity index (χ3n) is 4.31. The summed E-state index contributed by atoms with van der Waals surface area (Å²) in [7, 11) is 3.25. The molecule has 0 aromatic heterocycles. The molecule has 0 amide bonds. The maximum Gasteiger partial charge on any atom is 0.163 e. The van der Waals surface area contributed by atoms with E-state index < -0.39 is 0 Å². The molecule has 2 rings (SSSR count). The highest BCUT2D eigenvalue weighted by Crippen LogP contribution is 2.36. The minimum absolute atomic E-state index is 0.124. The number of ether oxygens (including phenoxy) is 2. The van der Waals surface area contributed by atoms with Gasteiger partial charge >= 0.3 is 0 Å². The Labute approximate surface area is 150 Å². The molecule has 0 bridgehead atoms. The van der Waals surface area contributed by atoms with Crippen molar-refractivity contribution in [3.05, 3.63) is 53.6 Å². The molecule has 0 heterocycles. The number of hydrogen-bond donors (Lipinski definition) is 0. The van der Waals surface area contributed by atoms with Crippen LogP contribution in [0.2, 0.25) is 0 Å². The highest BCUT2D eigenvalue weighted by atomic mass is 16.5. The van der Waals surface area contributed by atoms with E-state index in [9.17, 15) is 4.79 Å². The largest absolute Gasteiger partial charge is 0.497 e. The number of ketones is 1. The van der Waals surface area contributed by atoms with Gasteiger partial charge in [-0.1, -0.05) is 32.1 Å². The fourth-order valence-electron chi connectivity index (χ4n) is 2.89. The van der Waals surface area contributed by atoms with Crippen LogP contribution in [-0.4, -0.2) is 20.0 Å². The second-order valence-electron chi connectivity index (χ2n) is 5.90. The molecule has 0 saturated carbocycles. The standard InChI is InChI=1S/C22H26O3/c1-6-8-15(3)16-9-11-18(20(13-16)21(23)7-2)19-12-10-17(24-4)14-22(19)25-5/h8-14H,6-7H2,1-5H3/b15-8-. The lowest BCUT2D eigenvalue weighted by molar-refractivity contribution is 0.0989. The van der Waals surface area contributed by atoms with Gasteiger partial charge in [0.15, 0.2) is 5.78 Å². The first-order valence-corrected chi connectivity index (χ1v) is 8.62. The number of allylic oxidation sites excluding steroid dienone is 2. The van der Waals surface area contributed by atoms with E-state index in [0.717, 1.165) is 34.4 Å². The molecule has 0 aliphatic heterocycles. The van der Waals surface area contributed by atoms with Crippen molar-refractivity contribution >= 4 is 11.4 Å². The average molecular weight is 338 g/mol. The molecule has 3 heteroatoms. The monoisotopic (exact) mass is 338 g/mol. The topological polar surface area (TPSA) is 35.5 Å². The zero-order chi connectivity index (χ0) is 18.4. The van der Waals surface area contributed by atoms with Crippen LogP contribution in [0.4, 0.5) is 0 Å². The number of rotatable bonds is 7. The fraction of sp³-hybridized carbons (Fsp3) is 0.318. The van der Waals surface area contributed by atoms with Gasteiger partial charge in [-0.05, 0) is 48.2 Å². The molecule has 0 saturated heterocycles. The minimum atomic E-state index is 0.124. The SMILES string of the molecule is CC/C=C(/C)c1ccc(-c2ccc(OC)cc2OC)c(C(=O)CC)c1. The molecule has 0 aliphatic carbocycles. The van der Waals surface area contributed by atoms with E-state index in [4.69, 9.17) is 9.47 Å². The minimum Gasteiger partial charge on any atom is -0.497 e. The zero-order valence-electron chi connectivity index (χ0n) is 15.7. The Bertz CT molecular complexity index is 788. The Balaban J connectivity index is 2.65. The van der Waals surface area contributed by atoms with E-state index >= 15 is 0 Å². The van der Waals surface area contributed by atoms with Crippen molar-refractivity contribution in [2.75, 3.05) is 14.2 Å². The molecule has 0 N–H and O–H groups in total. The van der Waals surface area contributed by atoms with Crippen molar-refractivity contribution in [1.29, 1.82) is 0 Å². The summed E-state index contributed by atoms with van der Waals surface area (Å²) < 4.78 is 10.8. The van der Waals surface area contributed by atoms with E-state index in [1.165, 1.54) is 5.57 Å². The van der Waals surface area contributed by atoms with Gasteiger partial charge in [-0.2, -0.15) is 0 Å². The van der Waals surface area contributed by atoms with E-state index in [1.807, 2.05) is 37.3 Å². The number of carbonyl (C=O) groups excluding carboxylic acids is 1. The van der Waals surface area contributed by atoms with E-state index in [0.29, 0.717) is 12.2 Å². The quantitative estimate of drug-likeness (QED) is 0.601. The van der Waals surface area contributed by atoms with Crippen LogP contribution in [0.25, 0.3) is 16.7 Å². The van der Waals surface area contributed by atoms with Gasteiger partial charge in [0, 0.05) is 23.6 Å². The van der Waals surface area contributed by atoms with Crippen LogP contribution < -0.4 is 9.47 Å². The lowest BCUT2D eigenvalue weighted by Gasteiger charge is -2.15. The number of benzene rings is 2. The van der Waals surface area contributed by atoms with Crippen LogP contribution in [0.15, 0.2) is 42.5 Å². The van der Waals surface area contributed by atoms with Gasteiger partial charge in [0.1, 0.15) is 11.5 Å². The Morgan fingerprint density at radius 2 is 1.72 bits per heavy atom. The predicted molar refractivity (Wildman–Crippen MR) is 104 cm³/mol. The van der Waals surface area contributed by atoms with Crippen LogP contribution in [0, 0.1) is 0 Å². The van der Waals surface area contributed by atoms with Crippen molar-refractivity contribution in [2.45, 2.75) is 33.6 Å². The number of methoxy groups -OCH3 is 2. The maximum atomic E-state index is 12.6. The number of Topliss-reactive ketones (excluding diaryl/α,β-unsaturated/α-hetero) is 1. The summed E-state index contributed by atoms with van der Waals surface area (Å²) in [6, 6.07) is 11.7. The molecule has 0 unspecified atom stereocenters. The van der Waals surface area contributed by atoms with Gasteiger partial charge in [-0.15, -0.1) is 0 Å². The van der Waals surface area contributed by atoms with Gasteiger partial charge in [0.2, 0.25) is 0 Å². The third-order valence-corrected chi connectivity index (χ3v) is 4.31. The summed E-state index contributed by atoms with van der Waals surface area (Å²) in [5.74, 6) is 1.54. The summed E-state index contributed by atoms with van der Waals surface area (Å²) in [4.78, 5) is 12.6. The molecule has 132 valence electrons. The average Bonchev–Trinajstić information content (AvgIpc) is 2.66. The number of hydrogen-bond acceptors (Lipinski definition) is 3. The molecule has 0 fully saturated rings. The Morgan fingerprint density at radius 3 is 2.32 bits per heavy atom. The van der Waals surface area contributed by atoms with E-state index in [-0.39, 0.29) is 5.78 Å². The van der Waals surface area contributed by atoms with Gasteiger partial charge in [-0.25, -0.2) is 0 Å². The first-order chi connectivity index (χ1) is 12.0. The molecular formula is C22H26O3. The van der Waals surface area contributed by atoms with Crippen molar-refractivity contribution in [3.8, 4) is 22.6 Å². The molecule has 0 aliphatic rings. The molecule has 0 radical (unpaired) electrons. The summed E-state index contributed by atoms with van der Waals surface area (Å²) in [5.41, 5.74) is 4.77. The van der Waals surface area contributed by atoms with Crippen LogP contribution in [0.3, 0.4) is 0 Å². The molecule has 25 heavy (non-hydrogen) atoms. The Hall–Kier alpha value is -2.55. The Kier molecular flexibility index (Phi) is 6.40. The second-order valence-corrected chi connectivity index (χ2v) is 5.90. The highest BCUT2D eigenvalue weighted by molar-refractivity contribution is 6.03. The Morgan fingerprint density at radius 1 is 1.00 bits per heavy atom. The van der Waals surface area contributed by atoms with Gasteiger partial charge in [-0.3, -0.25) is 4.79 Å². The van der Waals surface area contributed by atoms with E-state index in [1.54, 1.807) is 14.2 Å². The summed E-state index contributed by atoms with van der Waals surface area (Å²) in [5, 5.41) is 0. The van der Waals surface area contributed by atoms with Crippen LogP contribution >= 0.6 is 0 Å². The molecule has 2 aromatic rings. The van der Waals surface area contributed by atoms with Gasteiger partial charge < -0.3 is 9.47 Å². The lowest BCUT2D eigenvalue weighted by atomic mass is 9.91. The van der Waals surface area contributed by atoms with E-state index in [2.05, 4.69) is 26.0 Å². The van der Waals surface area contributed by atoms with Gasteiger partial charge in [0.05, 0.1) is 14.2 Å². The summed E-state index contributed by atoms with van der Waals surface area (Å²) in [6.45, 7) is 6.07. The predicted octanol–water partition coefficient (Wildman–Crippen LogP) is 5.78. The summed E-state index contributed by atoms with van der Waals surface area (Å²) >= 11 is 0. The molecular weight excluding hydrogens is 312 g/mol. The molecule has 3 nitrogen and oxygen atoms in total. The number of carbonyl (C=O) groups is 1. The normalized spacial score (nSPS) is 11.3. The fourth-order valence-corrected chi connectivity index (χ4v) is 2.89. The van der Waals surface area contributed by atoms with Crippen molar-refractivity contribution in [3.63, 3.8) is 0 Å². The smallest absolute Gasteiger partial charge is 0.163 e. The van der Waals surface area contributed by atoms with Crippen LogP contribution in [-0.2, 0) is 0 Å². The first-order valence-electron chi connectivity index (χ1n) is 8.62. The lowest BCUT2D eigenvalue weighted by Crippen LogP contribution is -2.02. The van der Waals surface area contributed by atoms with Crippen molar-refractivity contribution < 1.29 is 14.3 Å². The second kappa shape index (κ2) is 8.52. The molecule has 0 atom stereocenters. The van der Waals surface area contributed by atoms with Crippen LogP contribution in [0.5, 0.6) is 11.5 Å². The van der Waals surface area contributed by atoms with Gasteiger partial charge in [0.25, 0.3) is 0 Å². The maximum absolute atomic E-state index is 12.6. The summed E-state index contributed by atoms with van der Waals surface area (Å²) in [6.07, 6.45) is 3.60. The highest BCUT2D eigenvalue weighted by Gasteiger charge is 2.16. The van der Waals surface area contributed by atoms with Crippen LogP contribution in [0.1, 0.15) is 49.5 Å². The van der Waals surface area contributed by atoms with Crippen molar-refractivity contribution in [1.82, 2.24) is 0 Å². The molecule has 0 spiro atoms. The molecule has 2 aromatic carbocycles. The first kappa shape index (κ1) is 18.8. The third kappa shape index (κ3) is 4.11. The zero-order valence-corrected chi connectivity index (χ0v) is 15.7. The van der Waals surface area contributed by atoms with Crippen molar-refractivity contribution in [2.24, 2.45) is 0 Å².